The Morgan fingerprint density at radius 2 is 2.04 bits per heavy atom. The monoisotopic (exact) mass is 366 g/mol. The zero-order valence-electron chi connectivity index (χ0n) is 12.1. The maximum Gasteiger partial charge on any atom is 0.534 e. The van der Waals surface area contributed by atoms with Crippen LogP contribution in [0, 0.1) is 0 Å². The molecule has 2 aliphatic rings. The summed E-state index contributed by atoms with van der Waals surface area (Å²) in [6, 6.07) is 2.16. The van der Waals surface area contributed by atoms with E-state index in [0.29, 0.717) is 36.9 Å². The lowest BCUT2D eigenvalue weighted by Crippen LogP contribution is -2.41. The highest BCUT2D eigenvalue weighted by Crippen LogP contribution is 2.55. The van der Waals surface area contributed by atoms with E-state index < -0.39 is 33.0 Å². The van der Waals surface area contributed by atoms with Crippen molar-refractivity contribution in [3.05, 3.63) is 23.4 Å². The summed E-state index contributed by atoms with van der Waals surface area (Å²) in [5.74, 6) is -0.637. The van der Waals surface area contributed by atoms with E-state index in [0.717, 1.165) is 6.07 Å². The van der Waals surface area contributed by atoms with Gasteiger partial charge in [0.2, 0.25) is 5.88 Å². The molecule has 1 heterocycles. The molecule has 1 fully saturated rings. The van der Waals surface area contributed by atoms with Crippen LogP contribution in [0.25, 0.3) is 0 Å². The predicted octanol–water partition coefficient (Wildman–Crippen LogP) is 1.92. The number of rotatable bonds is 3. The second-order valence-corrected chi connectivity index (χ2v) is 7.51. The molecule has 132 valence electrons. The summed E-state index contributed by atoms with van der Waals surface area (Å²) >= 11 is 0. The fourth-order valence-corrected chi connectivity index (χ4v) is 3.49. The van der Waals surface area contributed by atoms with Gasteiger partial charge < -0.3 is 14.6 Å². The van der Waals surface area contributed by atoms with Crippen molar-refractivity contribution in [1.29, 1.82) is 0 Å². The van der Waals surface area contributed by atoms with Gasteiger partial charge in [-0.3, -0.25) is 0 Å². The summed E-state index contributed by atoms with van der Waals surface area (Å²) in [7, 11) is -5.77. The van der Waals surface area contributed by atoms with E-state index in [1.165, 1.54) is 6.07 Å². The summed E-state index contributed by atoms with van der Waals surface area (Å²) in [6.07, 6.45) is 1.07. The van der Waals surface area contributed by atoms with E-state index in [2.05, 4.69) is 14.5 Å². The Bertz CT molecular complexity index is 789. The van der Waals surface area contributed by atoms with Gasteiger partial charge in [0, 0.05) is 17.5 Å². The van der Waals surface area contributed by atoms with E-state index in [9.17, 15) is 26.4 Å². The zero-order valence-corrected chi connectivity index (χ0v) is 12.9. The van der Waals surface area contributed by atoms with Crippen molar-refractivity contribution in [1.82, 2.24) is 10.3 Å². The Kier molecular flexibility index (Phi) is 3.66. The topological polar surface area (TPSA) is 106 Å². The molecule has 1 amide bonds. The van der Waals surface area contributed by atoms with Crippen LogP contribution in [0.5, 0.6) is 5.88 Å². The lowest BCUT2D eigenvalue weighted by atomic mass is 9.81. The zero-order chi connectivity index (χ0) is 17.8. The first-order valence-corrected chi connectivity index (χ1v) is 8.44. The van der Waals surface area contributed by atoms with Crippen LogP contribution in [0.2, 0.25) is 0 Å². The van der Waals surface area contributed by atoms with E-state index in [-0.39, 0.29) is 6.04 Å². The van der Waals surface area contributed by atoms with Gasteiger partial charge in [0.25, 0.3) is 0 Å². The number of nitrogens with zero attached hydrogens (tertiary/aromatic N) is 1. The first-order valence-electron chi connectivity index (χ1n) is 7.03. The summed E-state index contributed by atoms with van der Waals surface area (Å²) in [5.41, 5.74) is -4.80. The number of hydrogen-bond acceptors (Lipinski definition) is 5. The predicted molar refractivity (Wildman–Crippen MR) is 74.0 cm³/mol. The van der Waals surface area contributed by atoms with Crippen LogP contribution in [0.4, 0.5) is 18.0 Å². The first kappa shape index (κ1) is 16.8. The minimum absolute atomic E-state index is 0.315. The molecule has 1 aromatic rings. The van der Waals surface area contributed by atoms with Gasteiger partial charge in [0.15, 0.2) is 0 Å². The third-order valence-electron chi connectivity index (χ3n) is 4.22. The molecular formula is C13H13F3N2O5S. The van der Waals surface area contributed by atoms with Gasteiger partial charge in [0.1, 0.15) is 0 Å². The molecule has 1 aromatic heterocycles. The third-order valence-corrected chi connectivity index (χ3v) is 5.18. The molecule has 0 aliphatic heterocycles. The molecule has 0 bridgehead atoms. The van der Waals surface area contributed by atoms with E-state index in [1.54, 1.807) is 0 Å². The molecule has 0 aromatic carbocycles. The van der Waals surface area contributed by atoms with Crippen molar-refractivity contribution in [2.24, 2.45) is 0 Å². The summed E-state index contributed by atoms with van der Waals surface area (Å²) in [5, 5.41) is 11.2. The number of pyridine rings is 1. The van der Waals surface area contributed by atoms with Crippen molar-refractivity contribution in [2.45, 2.75) is 42.6 Å². The summed E-state index contributed by atoms with van der Waals surface area (Å²) in [4.78, 5) is 14.8. The quantitative estimate of drug-likeness (QED) is 0.625. The maximum absolute atomic E-state index is 12.4. The fraction of sp³-hybridized carbons (Fsp3) is 0.538. The first-order chi connectivity index (χ1) is 11.0. The molecule has 1 atom stereocenters. The van der Waals surface area contributed by atoms with Crippen LogP contribution in [0.3, 0.4) is 0 Å². The number of alkyl halides is 3. The molecule has 11 heteroatoms. The average Bonchev–Trinajstić information content (AvgIpc) is 3.17. The molecule has 24 heavy (non-hydrogen) atoms. The Morgan fingerprint density at radius 3 is 2.58 bits per heavy atom. The minimum atomic E-state index is -5.77. The number of fused-ring (bicyclic) bond motifs is 2. The van der Waals surface area contributed by atoms with Gasteiger partial charge in [-0.2, -0.15) is 21.6 Å². The van der Waals surface area contributed by atoms with Crippen molar-refractivity contribution >= 4 is 16.2 Å². The molecule has 2 N–H and O–H groups in total. The lowest BCUT2D eigenvalue weighted by Gasteiger charge is -2.30. The lowest BCUT2D eigenvalue weighted by molar-refractivity contribution is -0.0501. The summed E-state index contributed by atoms with van der Waals surface area (Å²) in [6.45, 7) is 0. The van der Waals surface area contributed by atoms with Crippen LogP contribution < -0.4 is 9.50 Å². The molecule has 0 saturated heterocycles. The SMILES string of the molecule is O=C(O)NC1Cc2ccc(OS(=O)(=O)C(F)(F)F)nc2C2(CC2)C1. The van der Waals surface area contributed by atoms with Gasteiger partial charge in [0.05, 0.1) is 5.69 Å². The van der Waals surface area contributed by atoms with Crippen LogP contribution in [0.1, 0.15) is 30.5 Å². The highest BCUT2D eigenvalue weighted by Gasteiger charge is 2.52. The number of nitrogens with one attached hydrogen (secondary N) is 1. The average molecular weight is 366 g/mol. The van der Waals surface area contributed by atoms with Gasteiger partial charge >= 0.3 is 21.7 Å². The number of halogens is 3. The van der Waals surface area contributed by atoms with Crippen LogP contribution >= 0.6 is 0 Å². The second kappa shape index (κ2) is 5.23. The van der Waals surface area contributed by atoms with E-state index in [4.69, 9.17) is 5.11 Å². The highest BCUT2D eigenvalue weighted by molar-refractivity contribution is 7.87. The number of carbonyl (C=O) groups is 1. The minimum Gasteiger partial charge on any atom is -0.465 e. The molecule has 1 unspecified atom stereocenters. The number of aromatic nitrogens is 1. The normalized spacial score (nSPS) is 21.9. The highest BCUT2D eigenvalue weighted by atomic mass is 32.2. The van der Waals surface area contributed by atoms with Gasteiger partial charge in [-0.25, -0.2) is 9.78 Å². The van der Waals surface area contributed by atoms with Crippen molar-refractivity contribution in [2.75, 3.05) is 0 Å². The second-order valence-electron chi connectivity index (χ2n) is 5.98. The smallest absolute Gasteiger partial charge is 0.465 e. The maximum atomic E-state index is 12.4. The number of hydrogen-bond donors (Lipinski definition) is 2. The molecule has 2 aliphatic carbocycles. The number of carboxylic acid groups (broad SMARTS) is 1. The fourth-order valence-electron chi connectivity index (χ4n) is 3.07. The Labute approximate surface area is 135 Å². The van der Waals surface area contributed by atoms with Crippen molar-refractivity contribution in [3.63, 3.8) is 0 Å². The van der Waals surface area contributed by atoms with Crippen LogP contribution in [0.15, 0.2) is 12.1 Å². The Hall–Kier alpha value is -2.04. The number of amides is 1. The molecule has 3 rings (SSSR count). The standard InChI is InChI=1S/C13H13F3N2O5S/c14-13(15,16)24(21,22)23-9-2-1-7-5-8(17-11(19)20)6-12(3-4-12)10(7)18-9/h1-2,8,17H,3-6H2,(H,19,20). The molecule has 0 radical (unpaired) electrons. The molecular weight excluding hydrogens is 353 g/mol. The Balaban J connectivity index is 1.89. The van der Waals surface area contributed by atoms with Crippen molar-refractivity contribution in [3.8, 4) is 5.88 Å². The summed E-state index contributed by atoms with van der Waals surface area (Å²) < 4.78 is 63.4. The largest absolute Gasteiger partial charge is 0.534 e. The molecule has 1 spiro atoms. The van der Waals surface area contributed by atoms with Gasteiger partial charge in [-0.1, -0.05) is 6.07 Å². The molecule has 1 saturated carbocycles. The van der Waals surface area contributed by atoms with Gasteiger partial charge in [-0.15, -0.1) is 0 Å². The third kappa shape index (κ3) is 2.99. The van der Waals surface area contributed by atoms with E-state index in [1.807, 2.05) is 0 Å². The van der Waals surface area contributed by atoms with Crippen molar-refractivity contribution < 1.29 is 35.7 Å². The van der Waals surface area contributed by atoms with Crippen LogP contribution in [-0.4, -0.2) is 36.2 Å². The van der Waals surface area contributed by atoms with Gasteiger partial charge in [-0.05, 0) is 31.2 Å². The van der Waals surface area contributed by atoms with Crippen LogP contribution in [-0.2, 0) is 22.0 Å². The molecule has 7 nitrogen and oxygen atoms in total. The Morgan fingerprint density at radius 1 is 1.38 bits per heavy atom. The van der Waals surface area contributed by atoms with E-state index >= 15 is 0 Å².